The van der Waals surface area contributed by atoms with Gasteiger partial charge in [-0.3, -0.25) is 0 Å². The van der Waals surface area contributed by atoms with Crippen molar-refractivity contribution in [1.29, 1.82) is 0 Å². The predicted molar refractivity (Wildman–Crippen MR) is 56.3 cm³/mol. The molecule has 0 saturated carbocycles. The van der Waals surface area contributed by atoms with Gasteiger partial charge in [-0.25, -0.2) is 9.37 Å². The molecule has 0 radical (unpaired) electrons. The Morgan fingerprint density at radius 3 is 2.64 bits per heavy atom. The molecule has 2 aromatic rings. The van der Waals surface area contributed by atoms with Gasteiger partial charge in [0.2, 0.25) is 0 Å². The predicted octanol–water partition coefficient (Wildman–Crippen LogP) is 2.11. The molecule has 0 aliphatic rings. The van der Waals surface area contributed by atoms with Crippen LogP contribution in [0.2, 0.25) is 0 Å². The van der Waals surface area contributed by atoms with Crippen LogP contribution < -0.4 is 11.5 Å². The van der Waals surface area contributed by atoms with Crippen LogP contribution in [0, 0.1) is 5.82 Å². The lowest BCUT2D eigenvalue weighted by Crippen LogP contribution is -1.87. The smallest absolute Gasteiger partial charge is 0.182 e. The van der Waals surface area contributed by atoms with Crippen molar-refractivity contribution in [3.8, 4) is 11.3 Å². The largest absolute Gasteiger partial charge is 0.389 e. The van der Waals surface area contributed by atoms with Crippen LogP contribution in [0.15, 0.2) is 24.3 Å². The minimum atomic E-state index is -0.312. The molecule has 1 aromatic carbocycles. The van der Waals surface area contributed by atoms with E-state index in [-0.39, 0.29) is 5.82 Å². The molecule has 14 heavy (non-hydrogen) atoms. The van der Waals surface area contributed by atoms with Crippen molar-refractivity contribution >= 4 is 21.5 Å². The Bertz CT molecular complexity index is 467. The first-order valence-electron chi connectivity index (χ1n) is 3.94. The van der Waals surface area contributed by atoms with Crippen LogP contribution in [0.5, 0.6) is 0 Å². The Morgan fingerprint density at radius 2 is 2.07 bits per heavy atom. The molecule has 0 fully saturated rings. The van der Waals surface area contributed by atoms with Gasteiger partial charge >= 0.3 is 0 Å². The monoisotopic (exact) mass is 209 g/mol. The van der Waals surface area contributed by atoms with Crippen LogP contribution in [-0.2, 0) is 0 Å². The fourth-order valence-corrected chi connectivity index (χ4v) is 1.81. The minimum absolute atomic E-state index is 0.312. The SMILES string of the molecule is Nc1nc(-c2cccc(F)c2)c(N)s1. The first-order chi connectivity index (χ1) is 6.66. The number of aromatic nitrogens is 1. The molecule has 1 heterocycles. The van der Waals surface area contributed by atoms with Crippen molar-refractivity contribution in [2.75, 3.05) is 11.5 Å². The van der Waals surface area contributed by atoms with E-state index in [4.69, 9.17) is 11.5 Å². The van der Waals surface area contributed by atoms with Gasteiger partial charge in [-0.05, 0) is 12.1 Å². The summed E-state index contributed by atoms with van der Waals surface area (Å²) in [4.78, 5) is 4.03. The summed E-state index contributed by atoms with van der Waals surface area (Å²) in [5.74, 6) is -0.312. The Kier molecular flexibility index (Phi) is 2.09. The third-order valence-corrected chi connectivity index (χ3v) is 2.48. The number of nitrogens with zero attached hydrogens (tertiary/aromatic N) is 1. The van der Waals surface area contributed by atoms with Gasteiger partial charge < -0.3 is 11.5 Å². The van der Waals surface area contributed by atoms with E-state index in [2.05, 4.69) is 4.98 Å². The van der Waals surface area contributed by atoms with Crippen LogP contribution in [0.25, 0.3) is 11.3 Å². The third kappa shape index (κ3) is 1.54. The lowest BCUT2D eigenvalue weighted by molar-refractivity contribution is 0.628. The second-order valence-corrected chi connectivity index (χ2v) is 3.84. The van der Waals surface area contributed by atoms with Crippen molar-refractivity contribution in [3.05, 3.63) is 30.1 Å². The maximum Gasteiger partial charge on any atom is 0.182 e. The van der Waals surface area contributed by atoms with Crippen molar-refractivity contribution in [2.45, 2.75) is 0 Å². The summed E-state index contributed by atoms with van der Waals surface area (Å²) in [6, 6.07) is 6.11. The maximum atomic E-state index is 12.9. The van der Waals surface area contributed by atoms with Gasteiger partial charge in [0.25, 0.3) is 0 Å². The summed E-state index contributed by atoms with van der Waals surface area (Å²) < 4.78 is 12.9. The van der Waals surface area contributed by atoms with E-state index in [1.807, 2.05) is 0 Å². The van der Waals surface area contributed by atoms with Crippen LogP contribution in [-0.4, -0.2) is 4.98 Å². The van der Waals surface area contributed by atoms with Gasteiger partial charge in [0.05, 0.1) is 0 Å². The van der Waals surface area contributed by atoms with E-state index in [1.54, 1.807) is 12.1 Å². The van der Waals surface area contributed by atoms with Crippen molar-refractivity contribution in [1.82, 2.24) is 4.98 Å². The van der Waals surface area contributed by atoms with Crippen molar-refractivity contribution in [3.63, 3.8) is 0 Å². The summed E-state index contributed by atoms with van der Waals surface area (Å²) in [7, 11) is 0. The van der Waals surface area contributed by atoms with E-state index in [0.29, 0.717) is 21.4 Å². The molecule has 3 nitrogen and oxygen atoms in total. The zero-order valence-electron chi connectivity index (χ0n) is 7.20. The quantitative estimate of drug-likeness (QED) is 0.756. The molecule has 72 valence electrons. The number of hydrogen-bond acceptors (Lipinski definition) is 4. The zero-order chi connectivity index (χ0) is 10.1. The fraction of sp³-hybridized carbons (Fsp3) is 0. The summed E-state index contributed by atoms with van der Waals surface area (Å²) in [5.41, 5.74) is 12.4. The van der Waals surface area contributed by atoms with E-state index >= 15 is 0 Å². The number of thiazole rings is 1. The highest BCUT2D eigenvalue weighted by Crippen LogP contribution is 2.31. The Hall–Kier alpha value is -1.62. The molecule has 0 atom stereocenters. The van der Waals surface area contributed by atoms with Gasteiger partial charge in [0.1, 0.15) is 16.5 Å². The molecule has 4 N–H and O–H groups in total. The lowest BCUT2D eigenvalue weighted by atomic mass is 10.1. The number of nitrogens with two attached hydrogens (primary N) is 2. The van der Waals surface area contributed by atoms with Crippen LogP contribution in [0.1, 0.15) is 0 Å². The van der Waals surface area contributed by atoms with E-state index < -0.39 is 0 Å². The molecule has 0 saturated heterocycles. The molecule has 0 aliphatic carbocycles. The molecule has 0 unspecified atom stereocenters. The van der Waals surface area contributed by atoms with Gasteiger partial charge in [0.15, 0.2) is 5.13 Å². The van der Waals surface area contributed by atoms with E-state index in [9.17, 15) is 4.39 Å². The van der Waals surface area contributed by atoms with E-state index in [1.165, 1.54) is 23.5 Å². The van der Waals surface area contributed by atoms with Gasteiger partial charge in [-0.2, -0.15) is 0 Å². The van der Waals surface area contributed by atoms with Gasteiger partial charge in [0, 0.05) is 5.56 Å². The number of benzene rings is 1. The Morgan fingerprint density at radius 1 is 1.29 bits per heavy atom. The second kappa shape index (κ2) is 3.26. The summed E-state index contributed by atoms with van der Waals surface area (Å²) in [6.45, 7) is 0. The minimum Gasteiger partial charge on any atom is -0.389 e. The number of rotatable bonds is 1. The summed E-state index contributed by atoms with van der Waals surface area (Å²) >= 11 is 1.19. The highest BCUT2D eigenvalue weighted by molar-refractivity contribution is 7.19. The Balaban J connectivity index is 2.54. The summed E-state index contributed by atoms with van der Waals surface area (Å²) in [6.07, 6.45) is 0. The zero-order valence-corrected chi connectivity index (χ0v) is 8.01. The topological polar surface area (TPSA) is 64.9 Å². The normalized spacial score (nSPS) is 10.4. The molecule has 0 amide bonds. The highest BCUT2D eigenvalue weighted by atomic mass is 32.1. The fourth-order valence-electron chi connectivity index (χ4n) is 1.19. The molecular weight excluding hydrogens is 201 g/mol. The standard InChI is InChI=1S/C9H8FN3S/c10-6-3-1-2-5(4-6)7-8(11)14-9(12)13-7/h1-4H,11H2,(H2,12,13). The molecule has 0 spiro atoms. The highest BCUT2D eigenvalue weighted by Gasteiger charge is 2.08. The average molecular weight is 209 g/mol. The lowest BCUT2D eigenvalue weighted by Gasteiger charge is -1.97. The van der Waals surface area contributed by atoms with Crippen LogP contribution >= 0.6 is 11.3 Å². The first-order valence-corrected chi connectivity index (χ1v) is 4.76. The van der Waals surface area contributed by atoms with Crippen molar-refractivity contribution in [2.24, 2.45) is 0 Å². The van der Waals surface area contributed by atoms with Gasteiger partial charge in [-0.1, -0.05) is 23.5 Å². The van der Waals surface area contributed by atoms with Crippen LogP contribution in [0.3, 0.4) is 0 Å². The Labute approximate surface area is 84.2 Å². The molecule has 0 aliphatic heterocycles. The summed E-state index contributed by atoms with van der Waals surface area (Å²) in [5, 5.41) is 0.898. The number of anilines is 2. The number of hydrogen-bond donors (Lipinski definition) is 2. The molecule has 5 heteroatoms. The second-order valence-electron chi connectivity index (χ2n) is 2.78. The van der Waals surface area contributed by atoms with E-state index in [0.717, 1.165) is 0 Å². The molecule has 1 aromatic heterocycles. The first kappa shape index (κ1) is 8.96. The maximum absolute atomic E-state index is 12.9. The number of halogens is 1. The van der Waals surface area contributed by atoms with Crippen molar-refractivity contribution < 1.29 is 4.39 Å². The average Bonchev–Trinajstić information content (AvgIpc) is 2.45. The molecule has 0 bridgehead atoms. The van der Waals surface area contributed by atoms with Gasteiger partial charge in [-0.15, -0.1) is 0 Å². The number of nitrogen functional groups attached to an aromatic ring is 2. The van der Waals surface area contributed by atoms with Crippen LogP contribution in [0.4, 0.5) is 14.5 Å². The molecular formula is C9H8FN3S. The third-order valence-electron chi connectivity index (χ3n) is 1.77. The molecule has 2 rings (SSSR count).